The number of nitrogens with one attached hydrogen (secondary N) is 3. The minimum atomic E-state index is -2.23. The Kier molecular flexibility index (Phi) is 18.1. The summed E-state index contributed by atoms with van der Waals surface area (Å²) >= 11 is 0. The maximum atomic E-state index is 14.1. The molecule has 4 saturated heterocycles. The number of carboxylic acid groups (broad SMARTS) is 1. The number of amides is 3. The van der Waals surface area contributed by atoms with Crippen LogP contribution in [0.15, 0.2) is 18.2 Å². The number of carbonyl (C=O) groups is 4. The average Bonchev–Trinajstić information content (AvgIpc) is 3.25. The largest absolute Gasteiger partial charge is 0.504 e. The number of aromatic hydroxyl groups is 2. The lowest BCUT2D eigenvalue weighted by Crippen LogP contribution is -2.71. The molecule has 20 unspecified atom stereocenters. The van der Waals surface area contributed by atoms with Crippen molar-refractivity contribution in [3.05, 3.63) is 23.8 Å². The zero-order valence-electron chi connectivity index (χ0n) is 35.3. The summed E-state index contributed by atoms with van der Waals surface area (Å²) in [6.07, 6.45) is -33.7. The molecule has 14 N–H and O–H groups in total. The van der Waals surface area contributed by atoms with E-state index in [1.54, 1.807) is 0 Å². The van der Waals surface area contributed by atoms with E-state index in [9.17, 15) is 75.3 Å². The summed E-state index contributed by atoms with van der Waals surface area (Å²) in [5, 5.41) is 125. The molecule has 4 fully saturated rings. The third-order valence-electron chi connectivity index (χ3n) is 11.2. The fourth-order valence-electron chi connectivity index (χ4n) is 7.90. The smallest absolute Gasteiger partial charge is 0.335 e. The van der Waals surface area contributed by atoms with Gasteiger partial charge in [0.25, 0.3) is 5.91 Å². The van der Waals surface area contributed by atoms with Crippen molar-refractivity contribution in [2.45, 2.75) is 143 Å². The molecule has 65 heavy (non-hydrogen) atoms. The molecule has 0 bridgehead atoms. The Morgan fingerprint density at radius 3 is 1.57 bits per heavy atom. The minimum Gasteiger partial charge on any atom is -0.504 e. The van der Waals surface area contributed by atoms with Gasteiger partial charge in [0.05, 0.1) is 13.2 Å². The zero-order chi connectivity index (χ0) is 48.0. The van der Waals surface area contributed by atoms with Crippen LogP contribution in [0.2, 0.25) is 0 Å². The molecule has 4 aliphatic heterocycles. The number of rotatable bonds is 17. The number of methoxy groups -OCH3 is 2. The number of carbonyl (C=O) groups excluding carboxylic acids is 3. The summed E-state index contributed by atoms with van der Waals surface area (Å²) in [5.41, 5.74) is 0.443. The van der Waals surface area contributed by atoms with Crippen molar-refractivity contribution in [2.75, 3.05) is 34.0 Å². The van der Waals surface area contributed by atoms with Crippen LogP contribution in [0, 0.1) is 0 Å². The van der Waals surface area contributed by atoms with Gasteiger partial charge < -0.3 is 115 Å². The molecular weight excluding hydrogens is 882 g/mol. The highest BCUT2D eigenvalue weighted by Gasteiger charge is 2.57. The van der Waals surface area contributed by atoms with Crippen LogP contribution >= 0.6 is 0 Å². The molecule has 0 saturated carbocycles. The van der Waals surface area contributed by atoms with Crippen molar-refractivity contribution in [3.63, 3.8) is 0 Å². The topological polar surface area (TPSA) is 410 Å². The maximum absolute atomic E-state index is 14.1. The normalized spacial score (nSPS) is 39.8. The van der Waals surface area contributed by atoms with Crippen LogP contribution in [0.1, 0.15) is 19.4 Å². The van der Waals surface area contributed by atoms with E-state index < -0.39 is 171 Å². The zero-order valence-corrected chi connectivity index (χ0v) is 35.3. The fourth-order valence-corrected chi connectivity index (χ4v) is 7.90. The first kappa shape index (κ1) is 52.0. The van der Waals surface area contributed by atoms with Crippen molar-refractivity contribution < 1.29 is 118 Å². The van der Waals surface area contributed by atoms with E-state index in [0.717, 1.165) is 21.0 Å². The Bertz CT molecular complexity index is 1780. The lowest BCUT2D eigenvalue weighted by Gasteiger charge is -2.50. The predicted molar refractivity (Wildman–Crippen MR) is 207 cm³/mol. The second kappa shape index (κ2) is 22.7. The van der Waals surface area contributed by atoms with E-state index in [1.807, 2.05) is 0 Å². The predicted octanol–water partition coefficient (Wildman–Crippen LogP) is -7.28. The molecule has 1 aromatic rings. The Hall–Kier alpha value is -3.98. The Morgan fingerprint density at radius 1 is 0.600 bits per heavy atom. The van der Waals surface area contributed by atoms with E-state index in [4.69, 9.17) is 42.6 Å². The standard InChI is InChI=1S/C38H57N3O24/c1-12(44)40-19-27(21(48)17(10-42)59-35(19)58-4)61-37-26(53)24(51)30(31(64-37)33(54)39-8-7-14-5-6-15(46)16(47)9-14)63-36-20(41-13(2)45)28(22(49)18(11-43)60-36)62-38-25(52)23(50)29(57-3)32(65-38)34(55)56/h5-6,9,17-32,35-38,42-43,46-53H,7-8,10-11H2,1-4H3,(H,39,54)(H,40,44)(H,41,45)(H,55,56). The SMILES string of the molecule is COC1OC(CO)C(O)C(OC2OC(C(=O)NCCc3ccc(O)c(O)c3)C(OC3OC(CO)C(O)C(OC4OC(C(=O)O)C(OC)C(O)C4O)C3NC(C)=O)C(O)C2O)C1NC(C)=O. The number of ether oxygens (including phenoxy) is 9. The second-order valence-electron chi connectivity index (χ2n) is 15.6. The molecular formula is C38H57N3O24. The van der Waals surface area contributed by atoms with Crippen LogP contribution in [-0.4, -0.2) is 237 Å². The summed E-state index contributed by atoms with van der Waals surface area (Å²) in [4.78, 5) is 51.0. The number of phenolic OH excluding ortho intramolecular Hbond substituents is 2. The van der Waals surface area contributed by atoms with Gasteiger partial charge >= 0.3 is 5.97 Å². The van der Waals surface area contributed by atoms with Gasteiger partial charge in [0.1, 0.15) is 85.3 Å². The molecule has 27 heteroatoms. The van der Waals surface area contributed by atoms with Crippen LogP contribution in [0.25, 0.3) is 0 Å². The number of benzene rings is 1. The van der Waals surface area contributed by atoms with Crippen LogP contribution in [0.5, 0.6) is 11.5 Å². The van der Waals surface area contributed by atoms with Crippen LogP contribution < -0.4 is 16.0 Å². The molecule has 27 nitrogen and oxygen atoms in total. The fraction of sp³-hybridized carbons (Fsp3) is 0.737. The molecule has 368 valence electrons. The second-order valence-corrected chi connectivity index (χ2v) is 15.6. The van der Waals surface area contributed by atoms with Crippen molar-refractivity contribution in [1.29, 1.82) is 0 Å². The number of aliphatic hydroxyl groups is 8. The van der Waals surface area contributed by atoms with Gasteiger partial charge in [0, 0.05) is 34.6 Å². The highest BCUT2D eigenvalue weighted by molar-refractivity contribution is 5.81. The molecule has 0 aliphatic carbocycles. The van der Waals surface area contributed by atoms with Gasteiger partial charge in [-0.15, -0.1) is 0 Å². The first-order valence-electron chi connectivity index (χ1n) is 20.3. The van der Waals surface area contributed by atoms with E-state index in [1.165, 1.54) is 25.3 Å². The lowest BCUT2D eigenvalue weighted by molar-refractivity contribution is -0.368. The third kappa shape index (κ3) is 11.8. The van der Waals surface area contributed by atoms with Crippen molar-refractivity contribution in [2.24, 2.45) is 0 Å². The highest BCUT2D eigenvalue weighted by atomic mass is 16.8. The first-order chi connectivity index (χ1) is 30.8. The third-order valence-corrected chi connectivity index (χ3v) is 11.2. The molecule has 5 rings (SSSR count). The summed E-state index contributed by atoms with van der Waals surface area (Å²) in [7, 11) is 2.24. The molecule has 1 aromatic carbocycles. The number of hydrogen-bond donors (Lipinski definition) is 14. The molecule has 4 aliphatic rings. The van der Waals surface area contributed by atoms with E-state index in [2.05, 4.69) is 16.0 Å². The summed E-state index contributed by atoms with van der Waals surface area (Å²) in [5.74, 6) is -5.05. The number of carboxylic acids is 1. The van der Waals surface area contributed by atoms with Crippen molar-refractivity contribution >= 4 is 23.7 Å². The van der Waals surface area contributed by atoms with E-state index in [0.29, 0.717) is 5.56 Å². The van der Waals surface area contributed by atoms with E-state index in [-0.39, 0.29) is 13.0 Å². The van der Waals surface area contributed by atoms with Crippen molar-refractivity contribution in [1.82, 2.24) is 16.0 Å². The summed E-state index contributed by atoms with van der Waals surface area (Å²) in [6.45, 7) is 0.167. The molecule has 3 amide bonds. The maximum Gasteiger partial charge on any atom is 0.335 e. The lowest BCUT2D eigenvalue weighted by atomic mass is 9.93. The molecule has 0 radical (unpaired) electrons. The Balaban J connectivity index is 1.48. The van der Waals surface area contributed by atoms with Crippen LogP contribution in [0.3, 0.4) is 0 Å². The van der Waals surface area contributed by atoms with Crippen LogP contribution in [-0.2, 0) is 68.2 Å². The monoisotopic (exact) mass is 939 g/mol. The van der Waals surface area contributed by atoms with Gasteiger partial charge in [-0.3, -0.25) is 14.4 Å². The number of aliphatic carboxylic acids is 1. The molecule has 0 spiro atoms. The van der Waals surface area contributed by atoms with E-state index >= 15 is 0 Å². The average molecular weight is 940 g/mol. The van der Waals surface area contributed by atoms with Gasteiger partial charge in [0.15, 0.2) is 48.9 Å². The van der Waals surface area contributed by atoms with Crippen molar-refractivity contribution in [3.8, 4) is 11.5 Å². The molecule has 4 heterocycles. The highest BCUT2D eigenvalue weighted by Crippen LogP contribution is 2.35. The Morgan fingerprint density at radius 2 is 1.09 bits per heavy atom. The van der Waals surface area contributed by atoms with Gasteiger partial charge in [0.2, 0.25) is 11.8 Å². The van der Waals surface area contributed by atoms with Gasteiger partial charge in [-0.25, -0.2) is 4.79 Å². The van der Waals surface area contributed by atoms with Gasteiger partial charge in [-0.1, -0.05) is 6.07 Å². The number of phenols is 2. The van der Waals surface area contributed by atoms with Gasteiger partial charge in [-0.2, -0.15) is 0 Å². The van der Waals surface area contributed by atoms with Crippen LogP contribution in [0.4, 0.5) is 0 Å². The number of hydrogen-bond acceptors (Lipinski definition) is 23. The summed E-state index contributed by atoms with van der Waals surface area (Å²) < 4.78 is 50.9. The minimum absolute atomic E-state index is 0.0413. The summed E-state index contributed by atoms with van der Waals surface area (Å²) in [6, 6.07) is 0.784. The van der Waals surface area contributed by atoms with Gasteiger partial charge in [-0.05, 0) is 24.1 Å². The molecule has 0 aromatic heterocycles. The first-order valence-corrected chi connectivity index (χ1v) is 20.3. The Labute approximate surface area is 369 Å². The molecule has 20 atom stereocenters. The quantitative estimate of drug-likeness (QED) is 0.0645. The number of aliphatic hydroxyl groups excluding tert-OH is 8.